The third kappa shape index (κ3) is 3.05. The fourth-order valence-electron chi connectivity index (χ4n) is 2.99. The maximum Gasteiger partial charge on any atom is 0.359 e. The Balaban J connectivity index is 1.67. The highest BCUT2D eigenvalue weighted by atomic mass is 16.5. The van der Waals surface area contributed by atoms with Crippen molar-refractivity contribution in [3.05, 3.63) is 86.8 Å². The normalized spacial score (nSPS) is 11.0. The van der Waals surface area contributed by atoms with Gasteiger partial charge in [0.25, 0.3) is 11.1 Å². The van der Waals surface area contributed by atoms with Gasteiger partial charge < -0.3 is 4.74 Å². The van der Waals surface area contributed by atoms with Gasteiger partial charge in [-0.05, 0) is 25.1 Å². The molecule has 8 nitrogen and oxygen atoms in total. The first-order chi connectivity index (χ1) is 13.6. The zero-order valence-corrected chi connectivity index (χ0v) is 15.0. The molecule has 3 aromatic heterocycles. The molecule has 0 bridgehead atoms. The Hall–Kier alpha value is -3.81. The van der Waals surface area contributed by atoms with Crippen LogP contribution in [-0.2, 0) is 17.9 Å². The van der Waals surface area contributed by atoms with Crippen LogP contribution in [0, 0.1) is 0 Å². The maximum atomic E-state index is 12.6. The minimum Gasteiger partial charge on any atom is -0.454 e. The van der Waals surface area contributed by atoms with Gasteiger partial charge in [0.2, 0.25) is 0 Å². The Morgan fingerprint density at radius 3 is 2.61 bits per heavy atom. The molecule has 3 heterocycles. The van der Waals surface area contributed by atoms with Gasteiger partial charge in [-0.25, -0.2) is 14.5 Å². The number of pyridine rings is 1. The summed E-state index contributed by atoms with van der Waals surface area (Å²) in [4.78, 5) is 41.5. The number of hydrogen-bond donors (Lipinski definition) is 0. The largest absolute Gasteiger partial charge is 0.454 e. The molecule has 28 heavy (non-hydrogen) atoms. The molecule has 4 aromatic rings. The topological polar surface area (TPSA) is 95.6 Å². The maximum absolute atomic E-state index is 12.6. The summed E-state index contributed by atoms with van der Waals surface area (Å²) < 4.78 is 7.96. The predicted octanol–water partition coefficient (Wildman–Crippen LogP) is 1.78. The molecule has 0 fully saturated rings. The monoisotopic (exact) mass is 376 g/mol. The molecule has 0 saturated heterocycles. The van der Waals surface area contributed by atoms with E-state index in [1.54, 1.807) is 55.6 Å². The number of benzene rings is 1. The Bertz CT molecular complexity index is 1320. The van der Waals surface area contributed by atoms with Crippen molar-refractivity contribution in [1.82, 2.24) is 19.2 Å². The number of carbonyl (C=O) groups is 1. The fourth-order valence-corrected chi connectivity index (χ4v) is 2.99. The second-order valence-electron chi connectivity index (χ2n) is 6.11. The standard InChI is InChI=1S/C20H16N4O4/c1-2-24-19(26)15-8-4-3-7-14(15)18(22-24)20(27)28-12-13-11-17(25)23-10-6-5-9-16(23)21-13/h3-11H,2,12H2,1H3. The van der Waals surface area contributed by atoms with Crippen LogP contribution in [0.25, 0.3) is 16.4 Å². The van der Waals surface area contributed by atoms with E-state index >= 15 is 0 Å². The van der Waals surface area contributed by atoms with Crippen molar-refractivity contribution < 1.29 is 9.53 Å². The highest BCUT2D eigenvalue weighted by Crippen LogP contribution is 2.15. The molecule has 0 saturated carbocycles. The highest BCUT2D eigenvalue weighted by molar-refractivity contribution is 6.02. The molecule has 0 aliphatic carbocycles. The molecule has 4 rings (SSSR count). The number of hydrogen-bond acceptors (Lipinski definition) is 6. The summed E-state index contributed by atoms with van der Waals surface area (Å²) in [6.45, 7) is 1.92. The van der Waals surface area contributed by atoms with E-state index in [0.29, 0.717) is 28.7 Å². The molecule has 0 N–H and O–H groups in total. The number of fused-ring (bicyclic) bond motifs is 2. The van der Waals surface area contributed by atoms with Crippen LogP contribution >= 0.6 is 0 Å². The van der Waals surface area contributed by atoms with E-state index in [9.17, 15) is 14.4 Å². The van der Waals surface area contributed by atoms with Crippen molar-refractivity contribution in [3.8, 4) is 0 Å². The molecule has 0 aliphatic heterocycles. The Kier molecular flexibility index (Phi) is 4.44. The summed E-state index contributed by atoms with van der Waals surface area (Å²) in [5.41, 5.74) is 0.315. The summed E-state index contributed by atoms with van der Waals surface area (Å²) in [6, 6.07) is 13.3. The Morgan fingerprint density at radius 2 is 1.82 bits per heavy atom. The van der Waals surface area contributed by atoms with Gasteiger partial charge in [0.1, 0.15) is 12.3 Å². The minimum absolute atomic E-state index is 0.0505. The lowest BCUT2D eigenvalue weighted by Crippen LogP contribution is -2.26. The van der Waals surface area contributed by atoms with Gasteiger partial charge in [0.05, 0.1) is 11.1 Å². The SMILES string of the molecule is CCn1nc(C(=O)OCc2cc(=O)n3ccccc3n2)c2ccccc2c1=O. The lowest BCUT2D eigenvalue weighted by atomic mass is 10.1. The summed E-state index contributed by atoms with van der Waals surface area (Å²) >= 11 is 0. The van der Waals surface area contributed by atoms with Crippen molar-refractivity contribution in [2.45, 2.75) is 20.1 Å². The van der Waals surface area contributed by atoms with Crippen LogP contribution in [0.4, 0.5) is 0 Å². The predicted molar refractivity (Wildman–Crippen MR) is 102 cm³/mol. The first-order valence-corrected chi connectivity index (χ1v) is 8.73. The average Bonchev–Trinajstić information content (AvgIpc) is 2.72. The second-order valence-corrected chi connectivity index (χ2v) is 6.11. The number of esters is 1. The van der Waals surface area contributed by atoms with Gasteiger partial charge >= 0.3 is 5.97 Å². The van der Waals surface area contributed by atoms with Gasteiger partial charge in [-0.15, -0.1) is 0 Å². The van der Waals surface area contributed by atoms with Crippen molar-refractivity contribution >= 4 is 22.4 Å². The summed E-state index contributed by atoms with van der Waals surface area (Å²) in [7, 11) is 0. The van der Waals surface area contributed by atoms with Crippen molar-refractivity contribution in [2.24, 2.45) is 0 Å². The fraction of sp³-hybridized carbons (Fsp3) is 0.150. The van der Waals surface area contributed by atoms with Crippen molar-refractivity contribution in [2.75, 3.05) is 0 Å². The van der Waals surface area contributed by atoms with Gasteiger partial charge in [0.15, 0.2) is 5.69 Å². The van der Waals surface area contributed by atoms with Crippen LogP contribution in [0.2, 0.25) is 0 Å². The van der Waals surface area contributed by atoms with Crippen LogP contribution in [0.5, 0.6) is 0 Å². The molecule has 0 unspecified atom stereocenters. The van der Waals surface area contributed by atoms with E-state index < -0.39 is 5.97 Å². The van der Waals surface area contributed by atoms with Gasteiger partial charge in [0, 0.05) is 24.2 Å². The average molecular weight is 376 g/mol. The molecule has 0 atom stereocenters. The number of ether oxygens (including phenoxy) is 1. The lowest BCUT2D eigenvalue weighted by molar-refractivity contribution is 0.0460. The molecule has 0 aliphatic rings. The third-order valence-electron chi connectivity index (χ3n) is 4.34. The van der Waals surface area contributed by atoms with Crippen LogP contribution in [0.1, 0.15) is 23.1 Å². The van der Waals surface area contributed by atoms with E-state index in [1.165, 1.54) is 15.1 Å². The second kappa shape index (κ2) is 7.07. The molecule has 140 valence electrons. The lowest BCUT2D eigenvalue weighted by Gasteiger charge is -2.10. The van der Waals surface area contributed by atoms with Gasteiger partial charge in [-0.1, -0.05) is 24.3 Å². The third-order valence-corrected chi connectivity index (χ3v) is 4.34. The zero-order chi connectivity index (χ0) is 19.7. The van der Waals surface area contributed by atoms with Crippen LogP contribution in [-0.4, -0.2) is 25.1 Å². The molecular formula is C20H16N4O4. The number of carbonyl (C=O) groups excluding carboxylic acids is 1. The molecule has 0 radical (unpaired) electrons. The highest BCUT2D eigenvalue weighted by Gasteiger charge is 2.18. The van der Waals surface area contributed by atoms with E-state index in [0.717, 1.165) is 0 Å². The molecule has 1 aromatic carbocycles. The number of rotatable bonds is 4. The molecule has 0 spiro atoms. The summed E-state index contributed by atoms with van der Waals surface area (Å²) in [5, 5.41) is 4.96. The Labute approximate surface area is 158 Å². The van der Waals surface area contributed by atoms with Crippen molar-refractivity contribution in [1.29, 1.82) is 0 Å². The summed E-state index contributed by atoms with van der Waals surface area (Å²) in [6.07, 6.45) is 1.62. The van der Waals surface area contributed by atoms with Crippen LogP contribution < -0.4 is 11.1 Å². The number of aromatic nitrogens is 4. The van der Waals surface area contributed by atoms with E-state index in [4.69, 9.17) is 4.74 Å². The first kappa shape index (κ1) is 17.6. The van der Waals surface area contributed by atoms with E-state index in [-0.39, 0.29) is 23.4 Å². The molecule has 0 amide bonds. The molecule has 8 heteroatoms. The quantitative estimate of drug-likeness (QED) is 0.504. The molecular weight excluding hydrogens is 360 g/mol. The Morgan fingerprint density at radius 1 is 1.07 bits per heavy atom. The smallest absolute Gasteiger partial charge is 0.359 e. The summed E-state index contributed by atoms with van der Waals surface area (Å²) in [5.74, 6) is -0.687. The number of nitrogens with zero attached hydrogens (tertiary/aromatic N) is 4. The van der Waals surface area contributed by atoms with E-state index in [2.05, 4.69) is 10.1 Å². The van der Waals surface area contributed by atoms with Gasteiger partial charge in [-0.3, -0.25) is 14.0 Å². The van der Waals surface area contributed by atoms with Crippen molar-refractivity contribution in [3.63, 3.8) is 0 Å². The minimum atomic E-state index is -0.687. The van der Waals surface area contributed by atoms with E-state index in [1.807, 2.05) is 0 Å². The first-order valence-electron chi connectivity index (χ1n) is 8.73. The van der Waals surface area contributed by atoms with Gasteiger partial charge in [-0.2, -0.15) is 5.10 Å². The zero-order valence-electron chi connectivity index (χ0n) is 15.0. The van der Waals surface area contributed by atoms with Crippen LogP contribution in [0.15, 0.2) is 64.3 Å². The van der Waals surface area contributed by atoms with Crippen LogP contribution in [0.3, 0.4) is 0 Å². The number of aryl methyl sites for hydroxylation is 1.